The predicted octanol–water partition coefficient (Wildman–Crippen LogP) is 2.95. The predicted molar refractivity (Wildman–Crippen MR) is 86.8 cm³/mol. The normalized spacial score (nSPS) is 11.3. The number of amides is 1. The van der Waals surface area contributed by atoms with E-state index in [9.17, 15) is 17.6 Å². The van der Waals surface area contributed by atoms with Gasteiger partial charge < -0.3 is 5.32 Å². The highest BCUT2D eigenvalue weighted by atomic mass is 35.5. The zero-order valence-corrected chi connectivity index (χ0v) is 13.9. The Morgan fingerprint density at radius 2 is 1.87 bits per heavy atom. The van der Waals surface area contributed by atoms with Gasteiger partial charge >= 0.3 is 0 Å². The molecule has 5 nitrogen and oxygen atoms in total. The van der Waals surface area contributed by atoms with Crippen LogP contribution in [0, 0.1) is 12.7 Å². The lowest BCUT2D eigenvalue weighted by atomic mass is 10.1. The lowest BCUT2D eigenvalue weighted by molar-refractivity contribution is 0.102. The van der Waals surface area contributed by atoms with Crippen molar-refractivity contribution in [2.75, 3.05) is 12.4 Å². The first-order chi connectivity index (χ1) is 10.7. The van der Waals surface area contributed by atoms with E-state index >= 15 is 0 Å². The molecule has 0 bridgehead atoms. The van der Waals surface area contributed by atoms with Gasteiger partial charge in [-0.2, -0.15) is 0 Å². The molecule has 0 aliphatic carbocycles. The number of benzene rings is 2. The Labute approximate surface area is 138 Å². The van der Waals surface area contributed by atoms with Gasteiger partial charge in [-0.25, -0.2) is 17.5 Å². The molecule has 0 saturated carbocycles. The van der Waals surface area contributed by atoms with E-state index in [-0.39, 0.29) is 21.2 Å². The molecule has 122 valence electrons. The minimum atomic E-state index is -3.71. The molecule has 0 atom stereocenters. The Morgan fingerprint density at radius 1 is 1.17 bits per heavy atom. The maximum atomic E-state index is 13.3. The molecule has 0 spiro atoms. The molecule has 0 aromatic heterocycles. The summed E-state index contributed by atoms with van der Waals surface area (Å²) in [6.07, 6.45) is 0. The molecular weight excluding hydrogens is 343 g/mol. The number of anilines is 1. The third-order valence-electron chi connectivity index (χ3n) is 3.21. The van der Waals surface area contributed by atoms with E-state index in [2.05, 4.69) is 10.0 Å². The maximum absolute atomic E-state index is 13.3. The number of carbonyl (C=O) groups is 1. The van der Waals surface area contributed by atoms with E-state index in [0.717, 1.165) is 6.07 Å². The fourth-order valence-electron chi connectivity index (χ4n) is 1.88. The van der Waals surface area contributed by atoms with Crippen LogP contribution in [0.2, 0.25) is 5.02 Å². The van der Waals surface area contributed by atoms with Crippen molar-refractivity contribution in [2.45, 2.75) is 11.8 Å². The zero-order chi connectivity index (χ0) is 17.2. The Kier molecular flexibility index (Phi) is 5.03. The molecule has 23 heavy (non-hydrogen) atoms. The van der Waals surface area contributed by atoms with Crippen molar-refractivity contribution in [1.82, 2.24) is 4.72 Å². The van der Waals surface area contributed by atoms with Crippen LogP contribution in [-0.4, -0.2) is 21.4 Å². The largest absolute Gasteiger partial charge is 0.322 e. The van der Waals surface area contributed by atoms with Gasteiger partial charge in [0.2, 0.25) is 10.0 Å². The van der Waals surface area contributed by atoms with Crippen LogP contribution >= 0.6 is 11.6 Å². The fraction of sp³-hybridized carbons (Fsp3) is 0.133. The highest BCUT2D eigenvalue weighted by Crippen LogP contribution is 2.23. The summed E-state index contributed by atoms with van der Waals surface area (Å²) < 4.78 is 39.1. The smallest absolute Gasteiger partial charge is 0.257 e. The van der Waals surface area contributed by atoms with Crippen molar-refractivity contribution in [1.29, 1.82) is 0 Å². The molecule has 0 saturated heterocycles. The average molecular weight is 357 g/mol. The van der Waals surface area contributed by atoms with E-state index < -0.39 is 21.7 Å². The van der Waals surface area contributed by atoms with Crippen LogP contribution in [0.15, 0.2) is 41.3 Å². The molecule has 2 N–H and O–H groups in total. The second kappa shape index (κ2) is 6.66. The Morgan fingerprint density at radius 3 is 2.52 bits per heavy atom. The van der Waals surface area contributed by atoms with E-state index in [0.29, 0.717) is 5.56 Å². The number of hydrogen-bond donors (Lipinski definition) is 2. The molecule has 2 aromatic carbocycles. The number of sulfonamides is 1. The van der Waals surface area contributed by atoms with Gasteiger partial charge in [-0.1, -0.05) is 17.7 Å². The first kappa shape index (κ1) is 17.4. The van der Waals surface area contributed by atoms with Gasteiger partial charge in [-0.05, 0) is 49.9 Å². The Hall–Kier alpha value is -1.96. The molecule has 0 unspecified atom stereocenters. The summed E-state index contributed by atoms with van der Waals surface area (Å²) in [6, 6.07) is 7.75. The molecule has 0 aliphatic rings. The summed E-state index contributed by atoms with van der Waals surface area (Å²) in [5.74, 6) is -1.12. The van der Waals surface area contributed by atoms with Crippen LogP contribution in [0.5, 0.6) is 0 Å². The van der Waals surface area contributed by atoms with Crippen LogP contribution in [0.4, 0.5) is 10.1 Å². The summed E-state index contributed by atoms with van der Waals surface area (Å²) in [4.78, 5) is 12.2. The SMILES string of the molecule is CNS(=O)(=O)c1ccc(Cl)c(C(=O)Nc2cc(F)ccc2C)c1. The second-order valence-corrected chi connectivity index (χ2v) is 7.06. The van der Waals surface area contributed by atoms with Crippen molar-refractivity contribution in [2.24, 2.45) is 0 Å². The molecule has 2 rings (SSSR count). The van der Waals surface area contributed by atoms with E-state index in [1.165, 1.54) is 37.4 Å². The monoisotopic (exact) mass is 356 g/mol. The number of halogens is 2. The third-order valence-corrected chi connectivity index (χ3v) is 4.95. The number of hydrogen-bond acceptors (Lipinski definition) is 3. The van der Waals surface area contributed by atoms with Crippen molar-refractivity contribution < 1.29 is 17.6 Å². The number of carbonyl (C=O) groups excluding carboxylic acids is 1. The molecular formula is C15H14ClFN2O3S. The maximum Gasteiger partial charge on any atom is 0.257 e. The number of nitrogens with one attached hydrogen (secondary N) is 2. The lowest BCUT2D eigenvalue weighted by Crippen LogP contribution is -2.20. The highest BCUT2D eigenvalue weighted by molar-refractivity contribution is 7.89. The minimum absolute atomic E-state index is 0.0216. The molecule has 0 fully saturated rings. The average Bonchev–Trinajstić information content (AvgIpc) is 2.51. The molecule has 2 aromatic rings. The number of aryl methyl sites for hydroxylation is 1. The van der Waals surface area contributed by atoms with Crippen molar-refractivity contribution in [3.8, 4) is 0 Å². The van der Waals surface area contributed by atoms with Crippen LogP contribution in [0.25, 0.3) is 0 Å². The van der Waals surface area contributed by atoms with Crippen molar-refractivity contribution >= 4 is 33.2 Å². The number of rotatable bonds is 4. The summed E-state index contributed by atoms with van der Waals surface area (Å²) in [5.41, 5.74) is 0.925. The molecule has 0 heterocycles. The first-order valence-electron chi connectivity index (χ1n) is 6.55. The van der Waals surface area contributed by atoms with Gasteiger partial charge in [-0.15, -0.1) is 0 Å². The molecule has 0 radical (unpaired) electrons. The molecule has 1 amide bonds. The van der Waals surface area contributed by atoms with E-state index in [1.807, 2.05) is 0 Å². The van der Waals surface area contributed by atoms with Gasteiger partial charge in [-0.3, -0.25) is 4.79 Å². The highest BCUT2D eigenvalue weighted by Gasteiger charge is 2.18. The standard InChI is InChI=1S/C15H14ClFN2O3S/c1-9-3-4-10(17)7-14(9)19-15(20)12-8-11(5-6-13(12)16)23(21,22)18-2/h3-8,18H,1-2H3,(H,19,20). The van der Waals surface area contributed by atoms with Crippen molar-refractivity contribution in [3.05, 3.63) is 58.4 Å². The summed E-state index contributed by atoms with van der Waals surface area (Å²) >= 11 is 5.97. The molecule has 0 aliphatic heterocycles. The van der Waals surface area contributed by atoms with Gasteiger partial charge in [0.05, 0.1) is 15.5 Å². The van der Waals surface area contributed by atoms with Gasteiger partial charge in [0.25, 0.3) is 5.91 Å². The van der Waals surface area contributed by atoms with Gasteiger partial charge in [0, 0.05) is 5.69 Å². The first-order valence-corrected chi connectivity index (χ1v) is 8.41. The minimum Gasteiger partial charge on any atom is -0.322 e. The fourth-order valence-corrected chi connectivity index (χ4v) is 2.84. The quantitative estimate of drug-likeness (QED) is 0.884. The zero-order valence-electron chi connectivity index (χ0n) is 12.4. The summed E-state index contributed by atoms with van der Waals surface area (Å²) in [7, 11) is -2.44. The van der Waals surface area contributed by atoms with E-state index in [4.69, 9.17) is 11.6 Å². The lowest BCUT2D eigenvalue weighted by Gasteiger charge is -2.11. The van der Waals surface area contributed by atoms with Crippen LogP contribution in [0.3, 0.4) is 0 Å². The Bertz CT molecular complexity index is 869. The van der Waals surface area contributed by atoms with Gasteiger partial charge in [0.1, 0.15) is 5.82 Å². The van der Waals surface area contributed by atoms with Gasteiger partial charge in [0.15, 0.2) is 0 Å². The van der Waals surface area contributed by atoms with Crippen LogP contribution in [0.1, 0.15) is 15.9 Å². The third kappa shape index (κ3) is 3.87. The molecule has 8 heteroatoms. The second-order valence-electron chi connectivity index (χ2n) is 4.76. The van der Waals surface area contributed by atoms with Crippen LogP contribution < -0.4 is 10.0 Å². The topological polar surface area (TPSA) is 75.3 Å². The van der Waals surface area contributed by atoms with Crippen molar-refractivity contribution in [3.63, 3.8) is 0 Å². The summed E-state index contributed by atoms with van der Waals surface area (Å²) in [5, 5.41) is 2.62. The Balaban J connectivity index is 2.39. The van der Waals surface area contributed by atoms with E-state index in [1.54, 1.807) is 6.92 Å². The summed E-state index contributed by atoms with van der Waals surface area (Å²) in [6.45, 7) is 1.71. The van der Waals surface area contributed by atoms with Crippen LogP contribution in [-0.2, 0) is 10.0 Å².